The lowest BCUT2D eigenvalue weighted by Crippen LogP contribution is -2.10. The highest BCUT2D eigenvalue weighted by Crippen LogP contribution is 2.29. The molecule has 1 aromatic heterocycles. The van der Waals surface area contributed by atoms with E-state index in [-0.39, 0.29) is 0 Å². The van der Waals surface area contributed by atoms with Gasteiger partial charge in [-0.2, -0.15) is 0 Å². The van der Waals surface area contributed by atoms with Gasteiger partial charge in [-0.05, 0) is 26.7 Å². The van der Waals surface area contributed by atoms with Crippen molar-refractivity contribution in [2.24, 2.45) is 0 Å². The molecule has 100 valence electrons. The lowest BCUT2D eigenvalue weighted by molar-refractivity contribution is 0.197. The molecule has 0 amide bonds. The number of aliphatic hydroxyl groups is 1. The normalized spacial score (nSPS) is 20.2. The maximum atomic E-state index is 9.61. The van der Waals surface area contributed by atoms with Gasteiger partial charge in [0.05, 0.1) is 6.10 Å². The summed E-state index contributed by atoms with van der Waals surface area (Å²) in [6.07, 6.45) is 10.4. The number of aromatic nitrogens is 2. The van der Waals surface area contributed by atoms with E-state index in [4.69, 9.17) is 0 Å². The predicted octanol–water partition coefficient (Wildman–Crippen LogP) is 3.67. The molecular formula is C15H24N2O. The second kappa shape index (κ2) is 6.28. The van der Waals surface area contributed by atoms with Crippen LogP contribution in [-0.4, -0.2) is 15.1 Å². The van der Waals surface area contributed by atoms with Crippen LogP contribution in [0.15, 0.2) is 6.20 Å². The number of aryl methyl sites for hydroxylation is 1. The summed E-state index contributed by atoms with van der Waals surface area (Å²) < 4.78 is 0. The molecule has 18 heavy (non-hydrogen) atoms. The molecule has 0 radical (unpaired) electrons. The van der Waals surface area contributed by atoms with E-state index in [1.165, 1.54) is 44.9 Å². The van der Waals surface area contributed by atoms with Gasteiger partial charge in [0, 0.05) is 23.4 Å². The summed E-state index contributed by atoms with van der Waals surface area (Å²) in [7, 11) is 0. The second-order valence-corrected chi connectivity index (χ2v) is 5.49. The third-order valence-electron chi connectivity index (χ3n) is 3.96. The van der Waals surface area contributed by atoms with E-state index < -0.39 is 6.10 Å². The van der Waals surface area contributed by atoms with Crippen molar-refractivity contribution in [3.8, 4) is 0 Å². The highest BCUT2D eigenvalue weighted by atomic mass is 16.3. The van der Waals surface area contributed by atoms with E-state index in [1.807, 2.05) is 6.92 Å². The van der Waals surface area contributed by atoms with Gasteiger partial charge in [0.15, 0.2) is 0 Å². The SMILES string of the molecule is Cc1nc(C2CCCCCCC2)ncc1[C@@H](C)O. The Bertz CT molecular complexity index is 382. The van der Waals surface area contributed by atoms with Crippen LogP contribution in [0.4, 0.5) is 0 Å². The van der Waals surface area contributed by atoms with Crippen LogP contribution >= 0.6 is 0 Å². The summed E-state index contributed by atoms with van der Waals surface area (Å²) in [6, 6.07) is 0. The first-order valence-electron chi connectivity index (χ1n) is 7.20. The van der Waals surface area contributed by atoms with Crippen LogP contribution in [0.2, 0.25) is 0 Å². The Hall–Kier alpha value is -0.960. The standard InChI is InChI=1S/C15H24N2O/c1-11-14(12(2)18)10-16-15(17-11)13-8-6-4-3-5-7-9-13/h10,12-13,18H,3-9H2,1-2H3/t12-/m1/s1. The van der Waals surface area contributed by atoms with E-state index >= 15 is 0 Å². The van der Waals surface area contributed by atoms with Gasteiger partial charge in [-0.25, -0.2) is 9.97 Å². The maximum Gasteiger partial charge on any atom is 0.131 e. The number of hydrogen-bond donors (Lipinski definition) is 1. The third-order valence-corrected chi connectivity index (χ3v) is 3.96. The molecule has 1 heterocycles. The summed E-state index contributed by atoms with van der Waals surface area (Å²) >= 11 is 0. The highest BCUT2D eigenvalue weighted by Gasteiger charge is 2.17. The van der Waals surface area contributed by atoms with Crippen molar-refractivity contribution < 1.29 is 5.11 Å². The molecule has 2 rings (SSSR count). The smallest absolute Gasteiger partial charge is 0.131 e. The van der Waals surface area contributed by atoms with Crippen LogP contribution in [0.5, 0.6) is 0 Å². The molecule has 0 bridgehead atoms. The van der Waals surface area contributed by atoms with Crippen molar-refractivity contribution in [1.29, 1.82) is 0 Å². The fourth-order valence-corrected chi connectivity index (χ4v) is 2.82. The lowest BCUT2D eigenvalue weighted by atomic mass is 9.90. The molecule has 1 aliphatic rings. The third kappa shape index (κ3) is 3.29. The van der Waals surface area contributed by atoms with Crippen molar-refractivity contribution in [2.75, 3.05) is 0 Å². The zero-order valence-electron chi connectivity index (χ0n) is 11.5. The number of nitrogens with zero attached hydrogens (tertiary/aromatic N) is 2. The fourth-order valence-electron chi connectivity index (χ4n) is 2.82. The summed E-state index contributed by atoms with van der Waals surface area (Å²) in [4.78, 5) is 9.10. The first-order chi connectivity index (χ1) is 8.68. The molecule has 0 spiro atoms. The summed E-state index contributed by atoms with van der Waals surface area (Å²) in [5.74, 6) is 1.51. The highest BCUT2D eigenvalue weighted by molar-refractivity contribution is 5.19. The van der Waals surface area contributed by atoms with E-state index in [0.717, 1.165) is 17.1 Å². The van der Waals surface area contributed by atoms with Gasteiger partial charge in [-0.3, -0.25) is 0 Å². The lowest BCUT2D eigenvalue weighted by Gasteiger charge is -2.19. The molecule has 3 nitrogen and oxygen atoms in total. The van der Waals surface area contributed by atoms with Gasteiger partial charge in [0.2, 0.25) is 0 Å². The molecule has 1 aromatic rings. The van der Waals surface area contributed by atoms with Crippen LogP contribution < -0.4 is 0 Å². The number of aliphatic hydroxyl groups excluding tert-OH is 1. The Balaban J connectivity index is 2.14. The molecular weight excluding hydrogens is 224 g/mol. The fraction of sp³-hybridized carbons (Fsp3) is 0.733. The quantitative estimate of drug-likeness (QED) is 0.868. The summed E-state index contributed by atoms with van der Waals surface area (Å²) in [5.41, 5.74) is 1.78. The van der Waals surface area contributed by atoms with Crippen molar-refractivity contribution in [1.82, 2.24) is 9.97 Å². The molecule has 1 atom stereocenters. The predicted molar refractivity (Wildman–Crippen MR) is 72.5 cm³/mol. The van der Waals surface area contributed by atoms with Gasteiger partial charge in [0.25, 0.3) is 0 Å². The van der Waals surface area contributed by atoms with Crippen LogP contribution in [0, 0.1) is 6.92 Å². The van der Waals surface area contributed by atoms with Gasteiger partial charge in [0.1, 0.15) is 5.82 Å². The van der Waals surface area contributed by atoms with E-state index in [1.54, 1.807) is 13.1 Å². The number of hydrogen-bond acceptors (Lipinski definition) is 3. The van der Waals surface area contributed by atoms with E-state index in [2.05, 4.69) is 9.97 Å². The van der Waals surface area contributed by atoms with Crippen LogP contribution in [0.1, 0.15) is 81.0 Å². The van der Waals surface area contributed by atoms with Crippen molar-refractivity contribution in [3.63, 3.8) is 0 Å². The maximum absolute atomic E-state index is 9.61. The Labute approximate surface area is 110 Å². The molecule has 0 saturated heterocycles. The van der Waals surface area contributed by atoms with Gasteiger partial charge in [-0.1, -0.05) is 32.1 Å². The average Bonchev–Trinajstić information content (AvgIpc) is 2.27. The molecule has 1 fully saturated rings. The Morgan fingerprint density at radius 1 is 1.17 bits per heavy atom. The molecule has 1 saturated carbocycles. The van der Waals surface area contributed by atoms with Crippen molar-refractivity contribution in [3.05, 3.63) is 23.3 Å². The Morgan fingerprint density at radius 3 is 2.33 bits per heavy atom. The zero-order valence-corrected chi connectivity index (χ0v) is 11.5. The number of rotatable bonds is 2. The first-order valence-corrected chi connectivity index (χ1v) is 7.20. The molecule has 1 N–H and O–H groups in total. The van der Waals surface area contributed by atoms with Gasteiger partial charge >= 0.3 is 0 Å². The topological polar surface area (TPSA) is 46.0 Å². The summed E-state index contributed by atoms with van der Waals surface area (Å²) in [5, 5.41) is 9.61. The van der Waals surface area contributed by atoms with Crippen LogP contribution in [0.3, 0.4) is 0 Å². The van der Waals surface area contributed by atoms with Crippen LogP contribution in [0.25, 0.3) is 0 Å². The zero-order chi connectivity index (χ0) is 13.0. The molecule has 3 heteroatoms. The molecule has 1 aliphatic carbocycles. The Morgan fingerprint density at radius 2 is 1.78 bits per heavy atom. The van der Waals surface area contributed by atoms with Crippen molar-refractivity contribution in [2.45, 2.75) is 70.8 Å². The van der Waals surface area contributed by atoms with Crippen LogP contribution in [-0.2, 0) is 0 Å². The Kier molecular flexibility index (Phi) is 4.70. The second-order valence-electron chi connectivity index (χ2n) is 5.49. The van der Waals surface area contributed by atoms with E-state index in [9.17, 15) is 5.11 Å². The minimum Gasteiger partial charge on any atom is -0.389 e. The molecule has 0 unspecified atom stereocenters. The minimum absolute atomic E-state index is 0.476. The molecule has 0 aliphatic heterocycles. The first kappa shape index (κ1) is 13.5. The molecule has 0 aromatic carbocycles. The summed E-state index contributed by atoms with van der Waals surface area (Å²) in [6.45, 7) is 3.73. The largest absolute Gasteiger partial charge is 0.389 e. The monoisotopic (exact) mass is 248 g/mol. The van der Waals surface area contributed by atoms with E-state index in [0.29, 0.717) is 5.92 Å². The van der Waals surface area contributed by atoms with Gasteiger partial charge in [-0.15, -0.1) is 0 Å². The van der Waals surface area contributed by atoms with Crippen molar-refractivity contribution >= 4 is 0 Å². The average molecular weight is 248 g/mol. The van der Waals surface area contributed by atoms with Gasteiger partial charge < -0.3 is 5.11 Å². The minimum atomic E-state index is -0.476.